The second kappa shape index (κ2) is 4.23. The predicted octanol–water partition coefficient (Wildman–Crippen LogP) is 3.03. The number of carbonyl (C=O) groups is 1. The smallest absolute Gasteiger partial charge is 0.328 e. The summed E-state index contributed by atoms with van der Waals surface area (Å²) in [5, 5.41) is 11.9. The van der Waals surface area contributed by atoms with Crippen LogP contribution >= 0.6 is 15.9 Å². The molecule has 1 aromatic carbocycles. The van der Waals surface area contributed by atoms with Crippen LogP contribution in [0.3, 0.4) is 0 Å². The van der Waals surface area contributed by atoms with Crippen LogP contribution in [0.4, 0.5) is 5.69 Å². The highest BCUT2D eigenvalue weighted by Crippen LogP contribution is 2.22. The van der Waals surface area contributed by atoms with Crippen molar-refractivity contribution in [3.05, 3.63) is 28.2 Å². The average Bonchev–Trinajstić information content (AvgIpc) is 2.10. The predicted molar refractivity (Wildman–Crippen MR) is 64.2 cm³/mol. The van der Waals surface area contributed by atoms with Crippen molar-refractivity contribution in [2.24, 2.45) is 0 Å². The first-order chi connectivity index (χ1) is 6.83. The number of nitrogens with one attached hydrogen (secondary N) is 1. The zero-order valence-corrected chi connectivity index (χ0v) is 10.6. The summed E-state index contributed by atoms with van der Waals surface area (Å²) in [5.41, 5.74) is 0.921. The van der Waals surface area contributed by atoms with E-state index in [0.29, 0.717) is 0 Å². The molecule has 0 saturated heterocycles. The molecule has 0 amide bonds. The van der Waals surface area contributed by atoms with Gasteiger partial charge in [0.1, 0.15) is 5.54 Å². The monoisotopic (exact) mass is 271 g/mol. The van der Waals surface area contributed by atoms with E-state index in [-0.39, 0.29) is 0 Å². The SMILES string of the molecule is Cc1cc(NC(C)(C)C(=O)O)ccc1Br. The van der Waals surface area contributed by atoms with Crippen molar-refractivity contribution in [3.8, 4) is 0 Å². The fourth-order valence-corrected chi connectivity index (χ4v) is 1.38. The van der Waals surface area contributed by atoms with Crippen LogP contribution < -0.4 is 5.32 Å². The first-order valence-electron chi connectivity index (χ1n) is 4.60. The van der Waals surface area contributed by atoms with Gasteiger partial charge in [0, 0.05) is 10.2 Å². The van der Waals surface area contributed by atoms with Crippen LogP contribution in [0.5, 0.6) is 0 Å². The number of rotatable bonds is 3. The summed E-state index contributed by atoms with van der Waals surface area (Å²) >= 11 is 3.39. The fraction of sp³-hybridized carbons (Fsp3) is 0.364. The van der Waals surface area contributed by atoms with Crippen LogP contribution in [0.1, 0.15) is 19.4 Å². The van der Waals surface area contributed by atoms with Crippen molar-refractivity contribution in [1.29, 1.82) is 0 Å². The summed E-state index contributed by atoms with van der Waals surface area (Å²) in [5.74, 6) is -0.872. The van der Waals surface area contributed by atoms with Gasteiger partial charge in [0.25, 0.3) is 0 Å². The van der Waals surface area contributed by atoms with E-state index in [0.717, 1.165) is 15.7 Å². The van der Waals surface area contributed by atoms with Crippen LogP contribution in [0, 0.1) is 6.92 Å². The molecule has 0 spiro atoms. The Morgan fingerprint density at radius 2 is 2.07 bits per heavy atom. The number of anilines is 1. The van der Waals surface area contributed by atoms with Gasteiger partial charge in [0.15, 0.2) is 0 Å². The third-order valence-electron chi connectivity index (χ3n) is 2.15. The maximum absolute atomic E-state index is 10.9. The summed E-state index contributed by atoms with van der Waals surface area (Å²) in [6, 6.07) is 5.66. The lowest BCUT2D eigenvalue weighted by molar-refractivity contribution is -0.141. The minimum absolute atomic E-state index is 0.808. The molecule has 15 heavy (non-hydrogen) atoms. The molecule has 0 aromatic heterocycles. The lowest BCUT2D eigenvalue weighted by Crippen LogP contribution is -2.39. The van der Waals surface area contributed by atoms with Gasteiger partial charge in [-0.1, -0.05) is 15.9 Å². The van der Waals surface area contributed by atoms with E-state index < -0.39 is 11.5 Å². The molecule has 0 bridgehead atoms. The van der Waals surface area contributed by atoms with Gasteiger partial charge >= 0.3 is 5.97 Å². The van der Waals surface area contributed by atoms with Gasteiger partial charge in [-0.15, -0.1) is 0 Å². The molecule has 0 aliphatic rings. The van der Waals surface area contributed by atoms with Crippen LogP contribution in [-0.4, -0.2) is 16.6 Å². The molecule has 0 saturated carbocycles. The number of halogens is 1. The Morgan fingerprint density at radius 1 is 1.47 bits per heavy atom. The Kier molecular flexibility index (Phi) is 3.39. The minimum atomic E-state index is -0.958. The highest BCUT2D eigenvalue weighted by molar-refractivity contribution is 9.10. The van der Waals surface area contributed by atoms with E-state index in [9.17, 15) is 4.79 Å². The van der Waals surface area contributed by atoms with E-state index in [1.165, 1.54) is 0 Å². The van der Waals surface area contributed by atoms with Gasteiger partial charge in [0.05, 0.1) is 0 Å². The standard InChI is InChI=1S/C11H14BrNO2/c1-7-6-8(4-5-9(7)12)13-11(2,3)10(14)15/h4-6,13H,1-3H3,(H,14,15). The number of carboxylic acids is 1. The van der Waals surface area contributed by atoms with Crippen LogP contribution in [0.15, 0.2) is 22.7 Å². The molecule has 82 valence electrons. The Bertz CT molecular complexity index is 388. The number of benzene rings is 1. The van der Waals surface area contributed by atoms with E-state index >= 15 is 0 Å². The first kappa shape index (κ1) is 12.0. The van der Waals surface area contributed by atoms with Crippen molar-refractivity contribution in [2.75, 3.05) is 5.32 Å². The molecule has 0 unspecified atom stereocenters. The summed E-state index contributed by atoms with van der Waals surface area (Å²) in [4.78, 5) is 10.9. The Hall–Kier alpha value is -1.03. The number of carboxylic acid groups (broad SMARTS) is 1. The Morgan fingerprint density at radius 3 is 2.53 bits per heavy atom. The van der Waals surface area contributed by atoms with E-state index in [4.69, 9.17) is 5.11 Å². The highest BCUT2D eigenvalue weighted by Gasteiger charge is 2.26. The molecule has 0 heterocycles. The lowest BCUT2D eigenvalue weighted by Gasteiger charge is -2.22. The number of aryl methyl sites for hydroxylation is 1. The second-order valence-electron chi connectivity index (χ2n) is 4.02. The maximum atomic E-state index is 10.9. The van der Waals surface area contributed by atoms with E-state index in [1.54, 1.807) is 13.8 Å². The average molecular weight is 272 g/mol. The topological polar surface area (TPSA) is 49.3 Å². The first-order valence-corrected chi connectivity index (χ1v) is 5.40. The summed E-state index contributed by atoms with van der Waals surface area (Å²) in [6.45, 7) is 5.22. The van der Waals surface area contributed by atoms with Crippen LogP contribution in [0.25, 0.3) is 0 Å². The lowest BCUT2D eigenvalue weighted by atomic mass is 10.1. The van der Waals surface area contributed by atoms with Crippen molar-refractivity contribution < 1.29 is 9.90 Å². The van der Waals surface area contributed by atoms with Crippen molar-refractivity contribution in [3.63, 3.8) is 0 Å². The van der Waals surface area contributed by atoms with E-state index in [2.05, 4.69) is 21.2 Å². The molecule has 1 rings (SSSR count). The molecule has 3 nitrogen and oxygen atoms in total. The molecule has 0 fully saturated rings. The van der Waals surface area contributed by atoms with Crippen molar-refractivity contribution in [2.45, 2.75) is 26.3 Å². The number of hydrogen-bond acceptors (Lipinski definition) is 2. The molecule has 1 aromatic rings. The van der Waals surface area contributed by atoms with E-state index in [1.807, 2.05) is 25.1 Å². The number of aliphatic carboxylic acids is 1. The van der Waals surface area contributed by atoms with Gasteiger partial charge < -0.3 is 10.4 Å². The van der Waals surface area contributed by atoms with Gasteiger partial charge in [-0.25, -0.2) is 4.79 Å². The Labute approximate surface area is 97.6 Å². The van der Waals surface area contributed by atoms with Gasteiger partial charge in [0.2, 0.25) is 0 Å². The summed E-state index contributed by atoms with van der Waals surface area (Å²) < 4.78 is 1.01. The molecule has 0 atom stereocenters. The zero-order valence-electron chi connectivity index (χ0n) is 8.97. The summed E-state index contributed by atoms with van der Waals surface area (Å²) in [7, 11) is 0. The van der Waals surface area contributed by atoms with Crippen LogP contribution in [0.2, 0.25) is 0 Å². The second-order valence-corrected chi connectivity index (χ2v) is 4.87. The molecule has 0 aliphatic carbocycles. The molecule has 0 aliphatic heterocycles. The molecule has 0 radical (unpaired) electrons. The number of hydrogen-bond donors (Lipinski definition) is 2. The third kappa shape index (κ3) is 2.96. The van der Waals surface area contributed by atoms with Crippen LogP contribution in [-0.2, 0) is 4.79 Å². The maximum Gasteiger partial charge on any atom is 0.328 e. The minimum Gasteiger partial charge on any atom is -0.480 e. The molecule has 4 heteroatoms. The van der Waals surface area contributed by atoms with Crippen molar-refractivity contribution in [1.82, 2.24) is 0 Å². The largest absolute Gasteiger partial charge is 0.480 e. The van der Waals surface area contributed by atoms with Gasteiger partial charge in [-0.05, 0) is 44.5 Å². The molecule has 2 N–H and O–H groups in total. The molecular formula is C11H14BrNO2. The third-order valence-corrected chi connectivity index (χ3v) is 3.04. The summed E-state index contributed by atoms with van der Waals surface area (Å²) in [6.07, 6.45) is 0. The van der Waals surface area contributed by atoms with Gasteiger partial charge in [-0.2, -0.15) is 0 Å². The Balaban J connectivity index is 2.91. The quantitative estimate of drug-likeness (QED) is 0.889. The molecular weight excluding hydrogens is 258 g/mol. The zero-order chi connectivity index (χ0) is 11.6. The fourth-order valence-electron chi connectivity index (χ4n) is 1.14. The van der Waals surface area contributed by atoms with Gasteiger partial charge in [-0.3, -0.25) is 0 Å². The highest BCUT2D eigenvalue weighted by atomic mass is 79.9. The normalized spacial score (nSPS) is 11.2. The van der Waals surface area contributed by atoms with Crippen molar-refractivity contribution >= 4 is 27.6 Å².